The predicted molar refractivity (Wildman–Crippen MR) is 106 cm³/mol. The van der Waals surface area contributed by atoms with Crippen molar-refractivity contribution in [2.24, 2.45) is 0 Å². The minimum absolute atomic E-state index is 0.0442. The van der Waals surface area contributed by atoms with Gasteiger partial charge in [-0.2, -0.15) is 13.2 Å². The third-order valence-corrected chi connectivity index (χ3v) is 5.21. The fourth-order valence-corrected chi connectivity index (χ4v) is 3.54. The van der Waals surface area contributed by atoms with Gasteiger partial charge in [0.2, 0.25) is 5.91 Å². The highest BCUT2D eigenvalue weighted by Crippen LogP contribution is 2.32. The van der Waals surface area contributed by atoms with Crippen LogP contribution >= 0.6 is 27.7 Å². The van der Waals surface area contributed by atoms with Crippen LogP contribution in [0.5, 0.6) is 0 Å². The quantitative estimate of drug-likeness (QED) is 0.251. The van der Waals surface area contributed by atoms with Gasteiger partial charge in [0.05, 0.1) is 17.1 Å². The van der Waals surface area contributed by atoms with E-state index in [9.17, 15) is 31.1 Å². The average Bonchev–Trinajstić information content (AvgIpc) is 2.69. The fraction of sp³-hybridized carbons (Fsp3) is 0.105. The Kier molecular flexibility index (Phi) is 6.90. The summed E-state index contributed by atoms with van der Waals surface area (Å²) in [6, 6.07) is 6.87. The summed E-state index contributed by atoms with van der Waals surface area (Å²) in [6.45, 7) is 0. The van der Waals surface area contributed by atoms with Crippen molar-refractivity contribution in [3.05, 3.63) is 70.1 Å². The van der Waals surface area contributed by atoms with Crippen LogP contribution in [0, 0.1) is 17.5 Å². The molecule has 0 aliphatic heterocycles. The van der Waals surface area contributed by atoms with Crippen LogP contribution in [0.15, 0.2) is 52.1 Å². The van der Waals surface area contributed by atoms with Crippen LogP contribution < -0.4 is 5.32 Å². The molecule has 0 saturated carbocycles. The van der Waals surface area contributed by atoms with Crippen LogP contribution in [-0.2, 0) is 11.0 Å². The van der Waals surface area contributed by atoms with E-state index in [1.165, 1.54) is 12.1 Å². The topological polar surface area (TPSA) is 54.9 Å². The Labute approximate surface area is 184 Å². The van der Waals surface area contributed by atoms with Crippen LogP contribution in [0.4, 0.5) is 32.0 Å². The van der Waals surface area contributed by atoms with Crippen molar-refractivity contribution >= 4 is 39.3 Å². The molecule has 0 atom stereocenters. The third kappa shape index (κ3) is 5.97. The molecule has 4 nitrogen and oxygen atoms in total. The summed E-state index contributed by atoms with van der Waals surface area (Å²) in [7, 11) is 0. The van der Waals surface area contributed by atoms with Crippen LogP contribution in [-0.4, -0.2) is 21.6 Å². The van der Waals surface area contributed by atoms with Gasteiger partial charge < -0.3 is 5.32 Å². The molecular formula is C19H10BrF6N3OS. The lowest BCUT2D eigenvalue weighted by Gasteiger charge is -2.11. The second-order valence-corrected chi connectivity index (χ2v) is 7.80. The Hall–Kier alpha value is -2.60. The molecule has 3 rings (SSSR count). The number of halogens is 7. The maximum Gasteiger partial charge on any atom is 0.433 e. The molecule has 1 amide bonds. The minimum Gasteiger partial charge on any atom is -0.322 e. The lowest BCUT2D eigenvalue weighted by atomic mass is 10.1. The van der Waals surface area contributed by atoms with E-state index in [1.807, 2.05) is 0 Å². The van der Waals surface area contributed by atoms with E-state index in [-0.39, 0.29) is 26.6 Å². The lowest BCUT2D eigenvalue weighted by Crippen LogP contribution is -2.16. The van der Waals surface area contributed by atoms with Crippen LogP contribution in [0.3, 0.4) is 0 Å². The normalized spacial score (nSPS) is 11.5. The number of aromatic nitrogens is 2. The molecule has 12 heteroatoms. The lowest BCUT2D eigenvalue weighted by molar-refractivity contribution is -0.141. The number of thioether (sulfide) groups is 1. The highest BCUT2D eigenvalue weighted by molar-refractivity contribution is 9.10. The van der Waals surface area contributed by atoms with E-state index < -0.39 is 41.0 Å². The van der Waals surface area contributed by atoms with Gasteiger partial charge in [-0.1, -0.05) is 11.8 Å². The van der Waals surface area contributed by atoms with Crippen LogP contribution in [0.2, 0.25) is 0 Å². The summed E-state index contributed by atoms with van der Waals surface area (Å²) in [4.78, 5) is 19.5. The first-order valence-corrected chi connectivity index (χ1v) is 10.1. The van der Waals surface area contributed by atoms with Gasteiger partial charge in [-0.3, -0.25) is 4.79 Å². The first-order valence-electron chi connectivity index (χ1n) is 8.32. The van der Waals surface area contributed by atoms with Gasteiger partial charge in [0.15, 0.2) is 11.0 Å². The molecule has 162 valence electrons. The second kappa shape index (κ2) is 9.27. The Morgan fingerprint density at radius 1 is 1.00 bits per heavy atom. The van der Waals surface area contributed by atoms with Crippen molar-refractivity contribution in [1.29, 1.82) is 0 Å². The molecule has 0 radical (unpaired) electrons. The van der Waals surface area contributed by atoms with Crippen molar-refractivity contribution < 1.29 is 31.1 Å². The number of benzene rings is 2. The number of hydrogen-bond acceptors (Lipinski definition) is 4. The largest absolute Gasteiger partial charge is 0.433 e. The van der Waals surface area contributed by atoms with Gasteiger partial charge in [-0.05, 0) is 52.3 Å². The van der Waals surface area contributed by atoms with E-state index in [2.05, 4.69) is 31.2 Å². The maximum absolute atomic E-state index is 13.8. The third-order valence-electron chi connectivity index (χ3n) is 3.74. The summed E-state index contributed by atoms with van der Waals surface area (Å²) >= 11 is 3.50. The van der Waals surface area contributed by atoms with E-state index in [0.29, 0.717) is 23.9 Å². The number of carbonyl (C=O) groups excluding carboxylic acids is 1. The van der Waals surface area contributed by atoms with Crippen molar-refractivity contribution in [2.45, 2.75) is 11.3 Å². The highest BCUT2D eigenvalue weighted by Gasteiger charge is 2.34. The molecule has 1 N–H and O–H groups in total. The first kappa shape index (κ1) is 23.1. The molecule has 2 aromatic carbocycles. The molecule has 0 saturated heterocycles. The monoisotopic (exact) mass is 521 g/mol. The van der Waals surface area contributed by atoms with E-state index in [0.717, 1.165) is 18.2 Å². The molecule has 1 heterocycles. The molecule has 0 aliphatic carbocycles. The Bertz CT molecular complexity index is 1100. The molecule has 0 bridgehead atoms. The molecule has 3 aromatic rings. The minimum atomic E-state index is -4.78. The number of nitrogens with zero attached hydrogens (tertiary/aromatic N) is 2. The smallest absolute Gasteiger partial charge is 0.322 e. The first-order chi connectivity index (χ1) is 14.5. The summed E-state index contributed by atoms with van der Waals surface area (Å²) in [5.74, 6) is -3.69. The standard InChI is InChI=1S/C19H10BrF6N3OS/c20-12-5-11(22)6-13(23)17(12)29-16(30)8-31-18-27-14(7-15(28-18)19(24,25)26)9-1-3-10(21)4-2-9/h1-7H,8H2,(H,29,30). The summed E-state index contributed by atoms with van der Waals surface area (Å²) < 4.78 is 79.7. The van der Waals surface area contributed by atoms with E-state index >= 15 is 0 Å². The molecule has 0 fully saturated rings. The Balaban J connectivity index is 1.81. The van der Waals surface area contributed by atoms with Gasteiger partial charge in [0.25, 0.3) is 0 Å². The van der Waals surface area contributed by atoms with Crippen molar-refractivity contribution in [2.75, 3.05) is 11.1 Å². The summed E-state index contributed by atoms with van der Waals surface area (Å²) in [6.07, 6.45) is -4.78. The average molecular weight is 522 g/mol. The van der Waals surface area contributed by atoms with Gasteiger partial charge in [0, 0.05) is 16.1 Å². The van der Waals surface area contributed by atoms with Crippen LogP contribution in [0.25, 0.3) is 11.3 Å². The summed E-state index contributed by atoms with van der Waals surface area (Å²) in [5, 5.41) is 1.85. The zero-order valence-electron chi connectivity index (χ0n) is 15.1. The van der Waals surface area contributed by atoms with E-state index in [1.54, 1.807) is 0 Å². The molecular weight excluding hydrogens is 512 g/mol. The number of hydrogen-bond donors (Lipinski definition) is 1. The van der Waals surface area contributed by atoms with Crippen molar-refractivity contribution in [3.63, 3.8) is 0 Å². The molecule has 31 heavy (non-hydrogen) atoms. The van der Waals surface area contributed by atoms with E-state index in [4.69, 9.17) is 0 Å². The molecule has 1 aromatic heterocycles. The Morgan fingerprint density at radius 3 is 2.29 bits per heavy atom. The zero-order valence-corrected chi connectivity index (χ0v) is 17.5. The fourth-order valence-electron chi connectivity index (χ4n) is 2.37. The molecule has 0 aliphatic rings. The number of nitrogens with one attached hydrogen (secondary N) is 1. The highest BCUT2D eigenvalue weighted by atomic mass is 79.9. The number of rotatable bonds is 5. The zero-order chi connectivity index (χ0) is 22.8. The maximum atomic E-state index is 13.8. The number of amides is 1. The van der Waals surface area contributed by atoms with Gasteiger partial charge >= 0.3 is 6.18 Å². The second-order valence-electron chi connectivity index (χ2n) is 6.01. The SMILES string of the molecule is O=C(CSc1nc(-c2ccc(F)cc2)cc(C(F)(F)F)n1)Nc1c(F)cc(F)cc1Br. The van der Waals surface area contributed by atoms with Gasteiger partial charge in [-0.15, -0.1) is 0 Å². The number of carbonyl (C=O) groups is 1. The number of anilines is 1. The van der Waals surface area contributed by atoms with Crippen molar-refractivity contribution in [3.8, 4) is 11.3 Å². The number of alkyl halides is 3. The van der Waals surface area contributed by atoms with Gasteiger partial charge in [0.1, 0.15) is 17.3 Å². The van der Waals surface area contributed by atoms with Gasteiger partial charge in [-0.25, -0.2) is 23.1 Å². The predicted octanol–water partition coefficient (Wildman–Crippen LogP) is 6.07. The summed E-state index contributed by atoms with van der Waals surface area (Å²) in [5.41, 5.74) is -1.45. The van der Waals surface area contributed by atoms with Crippen LogP contribution in [0.1, 0.15) is 5.69 Å². The Morgan fingerprint density at radius 2 is 1.68 bits per heavy atom. The molecule has 0 spiro atoms. The molecule has 0 unspecified atom stereocenters. The van der Waals surface area contributed by atoms with Crippen molar-refractivity contribution in [1.82, 2.24) is 9.97 Å².